The fourth-order valence-electron chi connectivity index (χ4n) is 2.38. The first-order valence-corrected chi connectivity index (χ1v) is 5.81. The molecule has 3 rings (SSSR count). The number of benzene rings is 1. The number of aliphatic hydroxyl groups excluding tert-OH is 1. The standard InChI is InChI=1S/C14H14N2O/c1-9-6-11(8-17)16-14(15-9)13-7-10-4-2-3-5-12(10)13/h2-6,13,17H,7-8H2,1H3. The highest BCUT2D eigenvalue weighted by molar-refractivity contribution is 5.44. The highest BCUT2D eigenvalue weighted by Crippen LogP contribution is 2.38. The maximum atomic E-state index is 9.16. The van der Waals surface area contributed by atoms with E-state index in [-0.39, 0.29) is 6.61 Å². The van der Waals surface area contributed by atoms with Crippen LogP contribution in [0.4, 0.5) is 0 Å². The number of nitrogens with zero attached hydrogens (tertiary/aromatic N) is 2. The zero-order chi connectivity index (χ0) is 11.8. The quantitative estimate of drug-likeness (QED) is 0.851. The lowest BCUT2D eigenvalue weighted by atomic mass is 9.77. The maximum Gasteiger partial charge on any atom is 0.136 e. The average molecular weight is 226 g/mol. The summed E-state index contributed by atoms with van der Waals surface area (Å²) in [5.41, 5.74) is 4.33. The van der Waals surface area contributed by atoms with Crippen LogP contribution >= 0.6 is 0 Å². The summed E-state index contributed by atoms with van der Waals surface area (Å²) < 4.78 is 0. The van der Waals surface area contributed by atoms with E-state index in [2.05, 4.69) is 28.2 Å². The van der Waals surface area contributed by atoms with Crippen molar-refractivity contribution in [1.82, 2.24) is 9.97 Å². The Balaban J connectivity index is 2.00. The van der Waals surface area contributed by atoms with Crippen molar-refractivity contribution in [3.8, 4) is 0 Å². The van der Waals surface area contributed by atoms with Gasteiger partial charge in [-0.3, -0.25) is 0 Å². The minimum absolute atomic E-state index is 0.0231. The van der Waals surface area contributed by atoms with Crippen molar-refractivity contribution in [2.45, 2.75) is 25.9 Å². The molecule has 0 bridgehead atoms. The van der Waals surface area contributed by atoms with Crippen LogP contribution in [0, 0.1) is 6.92 Å². The molecule has 0 fully saturated rings. The summed E-state index contributed by atoms with van der Waals surface area (Å²) in [5, 5.41) is 9.16. The van der Waals surface area contributed by atoms with E-state index in [1.165, 1.54) is 11.1 Å². The number of rotatable bonds is 2. The fraction of sp³-hybridized carbons (Fsp3) is 0.286. The molecule has 1 atom stereocenters. The zero-order valence-corrected chi connectivity index (χ0v) is 9.72. The molecule has 1 aromatic carbocycles. The second-order valence-electron chi connectivity index (χ2n) is 4.47. The SMILES string of the molecule is Cc1cc(CO)nc(C2Cc3ccccc32)n1. The molecule has 1 aliphatic carbocycles. The predicted molar refractivity (Wildman–Crippen MR) is 64.7 cm³/mol. The van der Waals surface area contributed by atoms with Gasteiger partial charge in [-0.1, -0.05) is 24.3 Å². The van der Waals surface area contributed by atoms with Gasteiger partial charge in [-0.05, 0) is 30.5 Å². The molecule has 2 aromatic rings. The van der Waals surface area contributed by atoms with Gasteiger partial charge < -0.3 is 5.11 Å². The maximum absolute atomic E-state index is 9.16. The molecule has 17 heavy (non-hydrogen) atoms. The van der Waals surface area contributed by atoms with E-state index in [9.17, 15) is 0 Å². The van der Waals surface area contributed by atoms with Gasteiger partial charge in [0.05, 0.1) is 12.3 Å². The smallest absolute Gasteiger partial charge is 0.136 e. The molecule has 0 spiro atoms. The van der Waals surface area contributed by atoms with E-state index >= 15 is 0 Å². The van der Waals surface area contributed by atoms with Crippen LogP contribution < -0.4 is 0 Å². The Morgan fingerprint density at radius 2 is 2.12 bits per heavy atom. The Labute approximate surface area is 100 Å². The number of aliphatic hydroxyl groups is 1. The summed E-state index contributed by atoms with van der Waals surface area (Å²) in [4.78, 5) is 8.89. The van der Waals surface area contributed by atoms with Gasteiger partial charge >= 0.3 is 0 Å². The van der Waals surface area contributed by atoms with Crippen molar-refractivity contribution in [2.24, 2.45) is 0 Å². The van der Waals surface area contributed by atoms with Gasteiger partial charge in [0.1, 0.15) is 5.82 Å². The minimum Gasteiger partial charge on any atom is -0.390 e. The molecular formula is C14H14N2O. The van der Waals surface area contributed by atoms with Crippen LogP contribution in [0.25, 0.3) is 0 Å². The van der Waals surface area contributed by atoms with E-state index in [1.807, 2.05) is 19.1 Å². The Hall–Kier alpha value is -1.74. The number of hydrogen-bond donors (Lipinski definition) is 1. The lowest BCUT2D eigenvalue weighted by Crippen LogP contribution is -2.21. The van der Waals surface area contributed by atoms with E-state index in [0.29, 0.717) is 11.6 Å². The molecule has 3 nitrogen and oxygen atoms in total. The third kappa shape index (κ3) is 1.72. The highest BCUT2D eigenvalue weighted by Gasteiger charge is 2.29. The number of aryl methyl sites for hydroxylation is 1. The second kappa shape index (κ2) is 3.93. The van der Waals surface area contributed by atoms with Crippen LogP contribution in [-0.4, -0.2) is 15.1 Å². The van der Waals surface area contributed by atoms with Crippen LogP contribution in [0.2, 0.25) is 0 Å². The molecule has 86 valence electrons. The van der Waals surface area contributed by atoms with Crippen molar-refractivity contribution in [3.05, 3.63) is 58.7 Å². The lowest BCUT2D eigenvalue weighted by molar-refractivity contribution is 0.275. The van der Waals surface area contributed by atoms with Crippen LogP contribution in [0.15, 0.2) is 30.3 Å². The van der Waals surface area contributed by atoms with E-state index < -0.39 is 0 Å². The van der Waals surface area contributed by atoms with Crippen molar-refractivity contribution < 1.29 is 5.11 Å². The fourth-order valence-corrected chi connectivity index (χ4v) is 2.38. The molecule has 1 heterocycles. The topological polar surface area (TPSA) is 46.0 Å². The summed E-state index contributed by atoms with van der Waals surface area (Å²) in [6.07, 6.45) is 1.00. The molecule has 1 N–H and O–H groups in total. The first-order chi connectivity index (χ1) is 8.28. The Kier molecular flexibility index (Phi) is 2.41. The van der Waals surface area contributed by atoms with Gasteiger partial charge in [0.2, 0.25) is 0 Å². The van der Waals surface area contributed by atoms with Gasteiger partial charge in [0.15, 0.2) is 0 Å². The van der Waals surface area contributed by atoms with Crippen molar-refractivity contribution in [3.63, 3.8) is 0 Å². The van der Waals surface area contributed by atoms with Crippen LogP contribution in [0.3, 0.4) is 0 Å². The summed E-state index contributed by atoms with van der Waals surface area (Å²) in [5.74, 6) is 1.14. The molecule has 1 unspecified atom stereocenters. The summed E-state index contributed by atoms with van der Waals surface area (Å²) in [6, 6.07) is 10.2. The average Bonchev–Trinajstić information content (AvgIpc) is 2.30. The van der Waals surface area contributed by atoms with Gasteiger partial charge in [-0.25, -0.2) is 9.97 Å². The third-order valence-electron chi connectivity index (χ3n) is 3.25. The van der Waals surface area contributed by atoms with Crippen molar-refractivity contribution >= 4 is 0 Å². The molecule has 1 aliphatic rings. The summed E-state index contributed by atoms with van der Waals surface area (Å²) in [6.45, 7) is 1.92. The van der Waals surface area contributed by atoms with Crippen LogP contribution in [0.1, 0.15) is 34.3 Å². The zero-order valence-electron chi connectivity index (χ0n) is 9.72. The normalized spacial score (nSPS) is 17.4. The number of fused-ring (bicyclic) bond motifs is 1. The second-order valence-corrected chi connectivity index (χ2v) is 4.47. The molecule has 0 amide bonds. The molecule has 0 saturated heterocycles. The third-order valence-corrected chi connectivity index (χ3v) is 3.25. The summed E-state index contributed by atoms with van der Waals surface area (Å²) in [7, 11) is 0. The van der Waals surface area contributed by atoms with Gasteiger partial charge in [0, 0.05) is 11.6 Å². The van der Waals surface area contributed by atoms with Crippen molar-refractivity contribution in [1.29, 1.82) is 0 Å². The van der Waals surface area contributed by atoms with E-state index in [1.54, 1.807) is 0 Å². The number of hydrogen-bond acceptors (Lipinski definition) is 3. The Morgan fingerprint density at radius 3 is 2.88 bits per heavy atom. The highest BCUT2D eigenvalue weighted by atomic mass is 16.3. The van der Waals surface area contributed by atoms with Crippen LogP contribution in [-0.2, 0) is 13.0 Å². The Bertz CT molecular complexity index is 566. The monoisotopic (exact) mass is 226 g/mol. The van der Waals surface area contributed by atoms with Gasteiger partial charge in [-0.2, -0.15) is 0 Å². The minimum atomic E-state index is -0.0231. The number of aromatic nitrogens is 2. The molecule has 0 saturated carbocycles. The van der Waals surface area contributed by atoms with Gasteiger partial charge in [0.25, 0.3) is 0 Å². The Morgan fingerprint density at radius 1 is 1.29 bits per heavy atom. The first-order valence-electron chi connectivity index (χ1n) is 5.81. The summed E-state index contributed by atoms with van der Waals surface area (Å²) >= 11 is 0. The van der Waals surface area contributed by atoms with E-state index in [4.69, 9.17) is 5.11 Å². The lowest BCUT2D eigenvalue weighted by Gasteiger charge is -2.29. The van der Waals surface area contributed by atoms with Gasteiger partial charge in [-0.15, -0.1) is 0 Å². The molecule has 0 aliphatic heterocycles. The van der Waals surface area contributed by atoms with E-state index in [0.717, 1.165) is 17.9 Å². The molecular weight excluding hydrogens is 212 g/mol. The first kappa shape index (κ1) is 10.4. The molecule has 0 radical (unpaired) electrons. The molecule has 1 aromatic heterocycles. The van der Waals surface area contributed by atoms with Crippen LogP contribution in [0.5, 0.6) is 0 Å². The largest absolute Gasteiger partial charge is 0.390 e. The molecule has 3 heteroatoms. The predicted octanol–water partition coefficient (Wildman–Crippen LogP) is 1.97. The van der Waals surface area contributed by atoms with Crippen molar-refractivity contribution in [2.75, 3.05) is 0 Å².